The minimum atomic E-state index is 0.209. The quantitative estimate of drug-likeness (QED) is 0.517. The molecule has 3 heteroatoms. The van der Waals surface area contributed by atoms with Crippen LogP contribution in [0.15, 0.2) is 35.7 Å². The van der Waals surface area contributed by atoms with Crippen LogP contribution in [0.25, 0.3) is 0 Å². The van der Waals surface area contributed by atoms with Crippen molar-refractivity contribution in [2.24, 2.45) is 0 Å². The predicted molar refractivity (Wildman–Crippen MR) is 88.6 cm³/mol. The summed E-state index contributed by atoms with van der Waals surface area (Å²) < 4.78 is 5.80. The number of Topliss-reactive ketones (excluding diaryl/α,β-unsaturated/α-hetero) is 1. The monoisotopic (exact) mass is 302 g/mol. The number of ether oxygens (including phenoxy) is 1. The van der Waals surface area contributed by atoms with E-state index in [0.29, 0.717) is 18.9 Å². The van der Waals surface area contributed by atoms with Crippen molar-refractivity contribution in [1.82, 2.24) is 0 Å². The fourth-order valence-electron chi connectivity index (χ4n) is 2.18. The van der Waals surface area contributed by atoms with Crippen molar-refractivity contribution in [2.75, 3.05) is 6.61 Å². The molecule has 0 aliphatic rings. The molecule has 0 unspecified atom stereocenters. The molecule has 0 saturated heterocycles. The van der Waals surface area contributed by atoms with E-state index in [0.717, 1.165) is 17.0 Å². The first-order chi connectivity index (χ1) is 10.1. The van der Waals surface area contributed by atoms with Crippen LogP contribution in [0.2, 0.25) is 0 Å². The van der Waals surface area contributed by atoms with Crippen LogP contribution in [-0.2, 0) is 0 Å². The zero-order valence-corrected chi connectivity index (χ0v) is 13.7. The van der Waals surface area contributed by atoms with Crippen molar-refractivity contribution in [3.8, 4) is 5.75 Å². The Bertz CT molecular complexity index is 585. The third-order valence-corrected chi connectivity index (χ3v) is 4.26. The summed E-state index contributed by atoms with van der Waals surface area (Å²) in [5, 5.41) is 1.93. The molecule has 1 heterocycles. The van der Waals surface area contributed by atoms with Gasteiger partial charge in [-0.05, 0) is 54.0 Å². The molecule has 2 rings (SSSR count). The second kappa shape index (κ2) is 7.41. The third kappa shape index (κ3) is 4.71. The summed E-state index contributed by atoms with van der Waals surface area (Å²) in [7, 11) is 0. The Kier molecular flexibility index (Phi) is 5.57. The zero-order valence-electron chi connectivity index (χ0n) is 12.9. The van der Waals surface area contributed by atoms with Crippen molar-refractivity contribution in [2.45, 2.75) is 39.5 Å². The van der Waals surface area contributed by atoms with Crippen molar-refractivity contribution >= 4 is 17.1 Å². The lowest BCUT2D eigenvalue weighted by molar-refractivity contribution is 0.0977. The van der Waals surface area contributed by atoms with Crippen LogP contribution < -0.4 is 4.74 Å². The minimum absolute atomic E-state index is 0.209. The summed E-state index contributed by atoms with van der Waals surface area (Å²) in [6.07, 6.45) is 1.30. The summed E-state index contributed by atoms with van der Waals surface area (Å²) >= 11 is 1.50. The van der Waals surface area contributed by atoms with Crippen LogP contribution in [0, 0.1) is 6.92 Å². The molecular formula is C18H22O2S. The number of thiophene rings is 1. The van der Waals surface area contributed by atoms with Gasteiger partial charge in [-0.25, -0.2) is 0 Å². The number of aryl methyl sites for hydroxylation is 1. The summed E-state index contributed by atoms with van der Waals surface area (Å²) in [4.78, 5) is 12.7. The first-order valence-electron chi connectivity index (χ1n) is 7.37. The molecule has 0 N–H and O–H groups in total. The normalized spacial score (nSPS) is 10.9. The van der Waals surface area contributed by atoms with Gasteiger partial charge in [0.05, 0.1) is 11.5 Å². The Morgan fingerprint density at radius 1 is 1.29 bits per heavy atom. The molecule has 112 valence electrons. The summed E-state index contributed by atoms with van der Waals surface area (Å²) in [6.45, 7) is 7.02. The predicted octanol–water partition coefficient (Wildman–Crippen LogP) is 5.22. The molecule has 0 atom stereocenters. The molecule has 0 fully saturated rings. The van der Waals surface area contributed by atoms with Crippen molar-refractivity contribution in [1.29, 1.82) is 0 Å². The van der Waals surface area contributed by atoms with E-state index >= 15 is 0 Å². The fraction of sp³-hybridized carbons (Fsp3) is 0.389. The van der Waals surface area contributed by atoms with Crippen LogP contribution in [0.1, 0.15) is 53.4 Å². The Morgan fingerprint density at radius 2 is 2.10 bits per heavy atom. The minimum Gasteiger partial charge on any atom is -0.494 e. The lowest BCUT2D eigenvalue weighted by Gasteiger charge is -2.11. The lowest BCUT2D eigenvalue weighted by atomic mass is 10.0. The fourth-order valence-corrected chi connectivity index (χ4v) is 2.87. The van der Waals surface area contributed by atoms with Gasteiger partial charge < -0.3 is 4.74 Å². The van der Waals surface area contributed by atoms with E-state index < -0.39 is 0 Å². The molecule has 21 heavy (non-hydrogen) atoms. The molecule has 0 aliphatic carbocycles. The van der Waals surface area contributed by atoms with Gasteiger partial charge in [0, 0.05) is 6.42 Å². The Morgan fingerprint density at radius 3 is 2.76 bits per heavy atom. The first-order valence-corrected chi connectivity index (χ1v) is 8.25. The standard InChI is InChI=1S/C18H22O2S/c1-13(2)15-10-14(3)11-16(12-15)20-8-4-6-17(19)18-7-5-9-21-18/h5,7,9-13H,4,6,8H2,1-3H3. The third-order valence-electron chi connectivity index (χ3n) is 3.35. The highest BCUT2D eigenvalue weighted by Crippen LogP contribution is 2.23. The van der Waals surface area contributed by atoms with Crippen molar-refractivity contribution < 1.29 is 9.53 Å². The molecule has 0 radical (unpaired) electrons. The van der Waals surface area contributed by atoms with Crippen LogP contribution in [0.4, 0.5) is 0 Å². The van der Waals surface area contributed by atoms with E-state index in [1.54, 1.807) is 0 Å². The second-order valence-corrected chi connectivity index (χ2v) is 6.53. The molecule has 0 aliphatic heterocycles. The van der Waals surface area contributed by atoms with Crippen LogP contribution in [-0.4, -0.2) is 12.4 Å². The Balaban J connectivity index is 1.82. The van der Waals surface area contributed by atoms with Gasteiger partial charge in [0.25, 0.3) is 0 Å². The van der Waals surface area contributed by atoms with Gasteiger partial charge in [0.2, 0.25) is 0 Å². The van der Waals surface area contributed by atoms with E-state index in [1.807, 2.05) is 23.6 Å². The lowest BCUT2D eigenvalue weighted by Crippen LogP contribution is -2.03. The Labute approximate surface area is 130 Å². The highest BCUT2D eigenvalue weighted by molar-refractivity contribution is 7.12. The molecule has 0 saturated carbocycles. The van der Waals surface area contributed by atoms with Gasteiger partial charge in [-0.1, -0.05) is 26.0 Å². The van der Waals surface area contributed by atoms with Crippen molar-refractivity contribution in [3.63, 3.8) is 0 Å². The highest BCUT2D eigenvalue weighted by Gasteiger charge is 2.07. The highest BCUT2D eigenvalue weighted by atomic mass is 32.1. The smallest absolute Gasteiger partial charge is 0.172 e. The summed E-state index contributed by atoms with van der Waals surface area (Å²) in [5.41, 5.74) is 2.51. The van der Waals surface area contributed by atoms with Gasteiger partial charge in [0.15, 0.2) is 5.78 Å². The molecule has 0 bridgehead atoms. The number of carbonyl (C=O) groups is 1. The van der Waals surface area contributed by atoms with E-state index in [4.69, 9.17) is 4.74 Å². The number of benzene rings is 1. The molecule has 1 aromatic carbocycles. The summed E-state index contributed by atoms with van der Waals surface area (Å²) in [6, 6.07) is 10.1. The molecular weight excluding hydrogens is 280 g/mol. The maximum atomic E-state index is 11.9. The van der Waals surface area contributed by atoms with Gasteiger partial charge >= 0.3 is 0 Å². The van der Waals surface area contributed by atoms with Crippen LogP contribution in [0.5, 0.6) is 5.75 Å². The van der Waals surface area contributed by atoms with Gasteiger partial charge in [-0.2, -0.15) is 0 Å². The first kappa shape index (κ1) is 15.8. The molecule has 0 amide bonds. The second-order valence-electron chi connectivity index (χ2n) is 5.59. The molecule has 2 nitrogen and oxygen atoms in total. The average molecular weight is 302 g/mol. The van der Waals surface area contributed by atoms with E-state index in [1.165, 1.54) is 22.5 Å². The molecule has 0 spiro atoms. The summed E-state index contributed by atoms with van der Waals surface area (Å²) in [5.74, 6) is 1.61. The number of ketones is 1. The topological polar surface area (TPSA) is 26.3 Å². The van der Waals surface area contributed by atoms with Crippen molar-refractivity contribution in [3.05, 3.63) is 51.7 Å². The number of hydrogen-bond acceptors (Lipinski definition) is 3. The maximum Gasteiger partial charge on any atom is 0.172 e. The van der Waals surface area contributed by atoms with E-state index in [-0.39, 0.29) is 5.78 Å². The largest absolute Gasteiger partial charge is 0.494 e. The maximum absolute atomic E-state index is 11.9. The van der Waals surface area contributed by atoms with Gasteiger partial charge in [-0.15, -0.1) is 11.3 Å². The van der Waals surface area contributed by atoms with E-state index in [2.05, 4.69) is 32.9 Å². The average Bonchev–Trinajstić information content (AvgIpc) is 2.97. The SMILES string of the molecule is Cc1cc(OCCCC(=O)c2cccs2)cc(C(C)C)c1. The molecule has 2 aromatic rings. The number of rotatable bonds is 7. The number of carbonyl (C=O) groups excluding carboxylic acids is 1. The zero-order chi connectivity index (χ0) is 15.2. The van der Waals surface area contributed by atoms with Gasteiger partial charge in [-0.3, -0.25) is 4.79 Å². The van der Waals surface area contributed by atoms with Crippen LogP contribution in [0.3, 0.4) is 0 Å². The van der Waals surface area contributed by atoms with Crippen LogP contribution >= 0.6 is 11.3 Å². The Hall–Kier alpha value is -1.61. The van der Waals surface area contributed by atoms with Gasteiger partial charge in [0.1, 0.15) is 5.75 Å². The number of hydrogen-bond donors (Lipinski definition) is 0. The van der Waals surface area contributed by atoms with E-state index in [9.17, 15) is 4.79 Å². The molecule has 1 aromatic heterocycles.